The van der Waals surface area contributed by atoms with Crippen LogP contribution >= 0.6 is 0 Å². The Hall–Kier alpha value is -1.32. The number of nitrogen functional groups attached to an aromatic ring is 1. The number of nitrogens with two attached hydrogens (primary N) is 1. The van der Waals surface area contributed by atoms with E-state index in [1.807, 2.05) is 0 Å². The fraction of sp³-hybridized carbons (Fsp3) is 0.200. The van der Waals surface area contributed by atoms with Crippen LogP contribution in [0.15, 0.2) is 12.3 Å². The van der Waals surface area contributed by atoms with Crippen LogP contribution in [0.1, 0.15) is 0 Å². The zero-order chi connectivity index (χ0) is 6.69. The van der Waals surface area contributed by atoms with Crippen molar-refractivity contribution in [3.05, 3.63) is 12.3 Å². The smallest absolute Gasteiger partial charge is 0.145 e. The van der Waals surface area contributed by atoms with Crippen LogP contribution in [-0.4, -0.2) is 16.1 Å². The van der Waals surface area contributed by atoms with E-state index < -0.39 is 0 Å². The van der Waals surface area contributed by atoms with Crippen molar-refractivity contribution in [1.29, 1.82) is 0 Å². The standard InChI is InChI=1S/C5H7N3O/c6-5-1-2-8(7-5)3-4-9/h1-2,4H,3H2,(H2,6,7). The van der Waals surface area contributed by atoms with Gasteiger partial charge in [-0.05, 0) is 6.07 Å². The minimum absolute atomic E-state index is 0.275. The van der Waals surface area contributed by atoms with E-state index in [1.165, 1.54) is 4.68 Å². The molecule has 0 amide bonds. The van der Waals surface area contributed by atoms with Crippen molar-refractivity contribution in [2.75, 3.05) is 5.73 Å². The molecule has 0 bridgehead atoms. The van der Waals surface area contributed by atoms with E-state index in [0.717, 1.165) is 6.29 Å². The number of carbonyl (C=O) groups excluding carboxylic acids is 1. The van der Waals surface area contributed by atoms with Crippen molar-refractivity contribution < 1.29 is 4.79 Å². The van der Waals surface area contributed by atoms with Crippen LogP contribution < -0.4 is 5.73 Å². The maximum atomic E-state index is 9.88. The maximum absolute atomic E-state index is 9.88. The highest BCUT2D eigenvalue weighted by atomic mass is 16.1. The quantitative estimate of drug-likeness (QED) is 0.550. The molecule has 9 heavy (non-hydrogen) atoms. The van der Waals surface area contributed by atoms with Gasteiger partial charge in [-0.25, -0.2) is 0 Å². The lowest BCUT2D eigenvalue weighted by Gasteiger charge is -1.88. The summed E-state index contributed by atoms with van der Waals surface area (Å²) in [5, 5.41) is 3.76. The highest BCUT2D eigenvalue weighted by Gasteiger charge is 1.89. The van der Waals surface area contributed by atoms with Gasteiger partial charge in [-0.3, -0.25) is 4.68 Å². The van der Waals surface area contributed by atoms with Crippen LogP contribution in [0.5, 0.6) is 0 Å². The summed E-state index contributed by atoms with van der Waals surface area (Å²) in [6, 6.07) is 1.64. The molecular formula is C5H7N3O. The summed E-state index contributed by atoms with van der Waals surface area (Å²) in [7, 11) is 0. The van der Waals surface area contributed by atoms with Gasteiger partial charge in [0.25, 0.3) is 0 Å². The molecule has 0 aliphatic heterocycles. The molecule has 0 saturated heterocycles. The number of hydrogen-bond acceptors (Lipinski definition) is 3. The number of hydrogen-bond donors (Lipinski definition) is 1. The van der Waals surface area contributed by atoms with E-state index >= 15 is 0 Å². The van der Waals surface area contributed by atoms with Gasteiger partial charge >= 0.3 is 0 Å². The number of aldehydes is 1. The summed E-state index contributed by atoms with van der Waals surface area (Å²) in [6.07, 6.45) is 2.43. The predicted octanol–water partition coefficient (Wildman–Crippen LogP) is -0.336. The molecule has 0 unspecified atom stereocenters. The average Bonchev–Trinajstić information content (AvgIpc) is 2.17. The van der Waals surface area contributed by atoms with Crippen LogP contribution in [-0.2, 0) is 11.3 Å². The van der Waals surface area contributed by atoms with E-state index in [0.29, 0.717) is 5.82 Å². The van der Waals surface area contributed by atoms with Crippen LogP contribution in [0.25, 0.3) is 0 Å². The first kappa shape index (κ1) is 5.81. The highest BCUT2D eigenvalue weighted by Crippen LogP contribution is 1.93. The lowest BCUT2D eigenvalue weighted by atomic mass is 10.6. The fourth-order valence-electron chi connectivity index (χ4n) is 0.555. The third kappa shape index (κ3) is 1.28. The van der Waals surface area contributed by atoms with E-state index in [-0.39, 0.29) is 6.54 Å². The summed E-state index contributed by atoms with van der Waals surface area (Å²) in [5.74, 6) is 0.442. The van der Waals surface area contributed by atoms with Crippen molar-refractivity contribution in [3.8, 4) is 0 Å². The van der Waals surface area contributed by atoms with Gasteiger partial charge in [0.05, 0.1) is 6.54 Å². The van der Waals surface area contributed by atoms with Crippen LogP contribution in [0.4, 0.5) is 5.82 Å². The maximum Gasteiger partial charge on any atom is 0.145 e. The first-order valence-electron chi connectivity index (χ1n) is 2.55. The van der Waals surface area contributed by atoms with Crippen LogP contribution in [0.3, 0.4) is 0 Å². The molecule has 2 N–H and O–H groups in total. The molecule has 0 atom stereocenters. The van der Waals surface area contributed by atoms with Crippen LogP contribution in [0, 0.1) is 0 Å². The fourth-order valence-corrected chi connectivity index (χ4v) is 0.555. The van der Waals surface area contributed by atoms with E-state index in [1.54, 1.807) is 12.3 Å². The minimum Gasteiger partial charge on any atom is -0.382 e. The van der Waals surface area contributed by atoms with Gasteiger partial charge in [-0.2, -0.15) is 5.10 Å². The van der Waals surface area contributed by atoms with E-state index in [2.05, 4.69) is 5.10 Å². The van der Waals surface area contributed by atoms with Crippen molar-refractivity contribution in [2.45, 2.75) is 6.54 Å². The van der Waals surface area contributed by atoms with Gasteiger partial charge in [0.2, 0.25) is 0 Å². The molecular weight excluding hydrogens is 118 g/mol. The largest absolute Gasteiger partial charge is 0.382 e. The lowest BCUT2D eigenvalue weighted by molar-refractivity contribution is -0.108. The molecule has 0 spiro atoms. The third-order valence-corrected chi connectivity index (χ3v) is 0.923. The molecule has 0 aliphatic carbocycles. The zero-order valence-electron chi connectivity index (χ0n) is 4.82. The first-order chi connectivity index (χ1) is 4.33. The Kier molecular flexibility index (Phi) is 1.48. The van der Waals surface area contributed by atoms with Crippen molar-refractivity contribution in [3.63, 3.8) is 0 Å². The molecule has 4 heteroatoms. The Morgan fingerprint density at radius 2 is 2.67 bits per heavy atom. The van der Waals surface area contributed by atoms with Gasteiger partial charge < -0.3 is 10.5 Å². The minimum atomic E-state index is 0.275. The molecule has 0 aliphatic rings. The second-order valence-electron chi connectivity index (χ2n) is 1.63. The molecule has 1 aromatic heterocycles. The molecule has 0 saturated carbocycles. The topological polar surface area (TPSA) is 60.9 Å². The van der Waals surface area contributed by atoms with Crippen LogP contribution in [0.2, 0.25) is 0 Å². The van der Waals surface area contributed by atoms with E-state index in [9.17, 15) is 4.79 Å². The van der Waals surface area contributed by atoms with Gasteiger partial charge in [0.15, 0.2) is 0 Å². The van der Waals surface area contributed by atoms with Crippen molar-refractivity contribution in [1.82, 2.24) is 9.78 Å². The molecule has 0 aromatic carbocycles. The monoisotopic (exact) mass is 125 g/mol. The molecule has 1 heterocycles. The lowest BCUT2D eigenvalue weighted by Crippen LogP contribution is -1.99. The Labute approximate surface area is 52.3 Å². The molecule has 1 rings (SSSR count). The van der Waals surface area contributed by atoms with Gasteiger partial charge in [0.1, 0.15) is 12.1 Å². The second-order valence-corrected chi connectivity index (χ2v) is 1.63. The highest BCUT2D eigenvalue weighted by molar-refractivity contribution is 5.49. The first-order valence-corrected chi connectivity index (χ1v) is 2.55. The third-order valence-electron chi connectivity index (χ3n) is 0.923. The Bertz CT molecular complexity index is 206. The summed E-state index contributed by atoms with van der Waals surface area (Å²) < 4.78 is 1.47. The SMILES string of the molecule is Nc1ccn(CC=O)n1. The number of anilines is 1. The Balaban J connectivity index is 2.72. The van der Waals surface area contributed by atoms with Gasteiger partial charge in [-0.1, -0.05) is 0 Å². The zero-order valence-corrected chi connectivity index (χ0v) is 4.82. The summed E-state index contributed by atoms with van der Waals surface area (Å²) >= 11 is 0. The average molecular weight is 125 g/mol. The van der Waals surface area contributed by atoms with Crippen molar-refractivity contribution >= 4 is 12.1 Å². The molecule has 48 valence electrons. The van der Waals surface area contributed by atoms with Gasteiger partial charge in [0, 0.05) is 6.20 Å². The predicted molar refractivity (Wildman–Crippen MR) is 32.7 cm³/mol. The van der Waals surface area contributed by atoms with Gasteiger partial charge in [-0.15, -0.1) is 0 Å². The molecule has 1 aromatic rings. The number of aromatic nitrogens is 2. The normalized spacial score (nSPS) is 9.33. The summed E-state index contributed by atoms with van der Waals surface area (Å²) in [6.45, 7) is 0.275. The number of carbonyl (C=O) groups is 1. The molecule has 4 nitrogen and oxygen atoms in total. The molecule has 0 fully saturated rings. The summed E-state index contributed by atoms with van der Waals surface area (Å²) in [5.41, 5.74) is 5.26. The number of nitrogens with zero attached hydrogens (tertiary/aromatic N) is 2. The summed E-state index contributed by atoms with van der Waals surface area (Å²) in [4.78, 5) is 9.88. The second kappa shape index (κ2) is 2.30. The number of rotatable bonds is 2. The Morgan fingerprint density at radius 1 is 1.89 bits per heavy atom. The van der Waals surface area contributed by atoms with E-state index in [4.69, 9.17) is 5.73 Å². The Morgan fingerprint density at radius 3 is 3.11 bits per heavy atom. The molecule has 0 radical (unpaired) electrons. The van der Waals surface area contributed by atoms with Crippen molar-refractivity contribution in [2.24, 2.45) is 0 Å².